The predicted octanol–water partition coefficient (Wildman–Crippen LogP) is -0.360. The van der Waals surface area contributed by atoms with Gasteiger partial charge in [0.15, 0.2) is 0 Å². The van der Waals surface area contributed by atoms with Gasteiger partial charge in [0.25, 0.3) is 0 Å². The van der Waals surface area contributed by atoms with Crippen LogP contribution in [-0.2, 0) is 7.05 Å². The summed E-state index contributed by atoms with van der Waals surface area (Å²) < 4.78 is 1.55. The highest BCUT2D eigenvalue weighted by Crippen LogP contribution is 2.13. The third kappa shape index (κ3) is 2.66. The minimum absolute atomic E-state index is 0.130. The number of nitrogens with zero attached hydrogens (tertiary/aromatic N) is 4. The fraction of sp³-hybridized carbons (Fsp3) is 0.857. The Balaban J connectivity index is 2.48. The van der Waals surface area contributed by atoms with Crippen molar-refractivity contribution in [3.8, 4) is 0 Å². The summed E-state index contributed by atoms with van der Waals surface area (Å²) in [5, 5.41) is 23.0. The van der Waals surface area contributed by atoms with Gasteiger partial charge < -0.3 is 10.4 Å². The summed E-state index contributed by atoms with van der Waals surface area (Å²) in [6.45, 7) is 4.69. The summed E-state index contributed by atoms with van der Waals surface area (Å²) in [7, 11) is 1.76. The molecule has 0 amide bonds. The van der Waals surface area contributed by atoms with Crippen LogP contribution >= 0.6 is 0 Å². The molecule has 0 aromatic carbocycles. The number of rotatable bonds is 4. The van der Waals surface area contributed by atoms with Crippen LogP contribution in [0, 0.1) is 5.41 Å². The SMILES string of the molecule is Cn1nnnc1NCC(C)(C)CO. The topological polar surface area (TPSA) is 75.9 Å². The van der Waals surface area contributed by atoms with E-state index in [9.17, 15) is 0 Å². The van der Waals surface area contributed by atoms with E-state index in [0.717, 1.165) is 0 Å². The molecular formula is C7H15N5O. The number of nitrogens with one attached hydrogen (secondary N) is 1. The Morgan fingerprint density at radius 2 is 2.23 bits per heavy atom. The number of hydrogen-bond donors (Lipinski definition) is 2. The fourth-order valence-electron chi connectivity index (χ4n) is 0.753. The third-order valence-electron chi connectivity index (χ3n) is 1.77. The van der Waals surface area contributed by atoms with Crippen LogP contribution in [0.15, 0.2) is 0 Å². The van der Waals surface area contributed by atoms with Crippen molar-refractivity contribution in [3.63, 3.8) is 0 Å². The van der Waals surface area contributed by atoms with Gasteiger partial charge in [-0.2, -0.15) is 0 Å². The highest BCUT2D eigenvalue weighted by Gasteiger charge is 2.16. The first kappa shape index (κ1) is 9.91. The Hall–Kier alpha value is -1.17. The molecule has 0 aliphatic heterocycles. The van der Waals surface area contributed by atoms with E-state index in [1.54, 1.807) is 11.7 Å². The van der Waals surface area contributed by atoms with E-state index in [1.165, 1.54) is 0 Å². The van der Waals surface area contributed by atoms with E-state index >= 15 is 0 Å². The molecule has 0 spiro atoms. The van der Waals surface area contributed by atoms with Gasteiger partial charge in [-0.15, -0.1) is 0 Å². The first-order chi connectivity index (χ1) is 6.05. The van der Waals surface area contributed by atoms with Gasteiger partial charge in [-0.3, -0.25) is 0 Å². The monoisotopic (exact) mass is 185 g/mol. The van der Waals surface area contributed by atoms with Crippen molar-refractivity contribution in [2.75, 3.05) is 18.5 Å². The molecule has 1 aromatic rings. The van der Waals surface area contributed by atoms with Gasteiger partial charge >= 0.3 is 0 Å². The van der Waals surface area contributed by atoms with Crippen molar-refractivity contribution in [2.24, 2.45) is 12.5 Å². The Kier molecular flexibility index (Phi) is 2.82. The molecule has 0 aliphatic rings. The molecule has 0 unspecified atom stereocenters. The van der Waals surface area contributed by atoms with Crippen LogP contribution in [-0.4, -0.2) is 38.5 Å². The van der Waals surface area contributed by atoms with Gasteiger partial charge in [0.05, 0.1) is 0 Å². The number of aliphatic hydroxyl groups is 1. The summed E-state index contributed by atoms with van der Waals surface area (Å²) >= 11 is 0. The predicted molar refractivity (Wildman–Crippen MR) is 48.2 cm³/mol. The second kappa shape index (κ2) is 3.69. The minimum atomic E-state index is -0.161. The zero-order valence-electron chi connectivity index (χ0n) is 8.15. The molecule has 0 fully saturated rings. The standard InChI is InChI=1S/C7H15N5O/c1-7(2,5-13)4-8-6-9-10-11-12(6)3/h13H,4-5H2,1-3H3,(H,8,9,11). The van der Waals surface area contributed by atoms with Crippen molar-refractivity contribution in [2.45, 2.75) is 13.8 Å². The Bertz CT molecular complexity index is 270. The van der Waals surface area contributed by atoms with Crippen LogP contribution in [0.4, 0.5) is 5.95 Å². The van der Waals surface area contributed by atoms with Crippen LogP contribution in [0.1, 0.15) is 13.8 Å². The largest absolute Gasteiger partial charge is 0.396 e. The van der Waals surface area contributed by atoms with E-state index in [-0.39, 0.29) is 12.0 Å². The zero-order valence-corrected chi connectivity index (χ0v) is 8.15. The van der Waals surface area contributed by atoms with Crippen LogP contribution in [0.5, 0.6) is 0 Å². The number of aryl methyl sites for hydroxylation is 1. The summed E-state index contributed by atoms with van der Waals surface area (Å²) in [5.41, 5.74) is -0.161. The lowest BCUT2D eigenvalue weighted by Gasteiger charge is -2.21. The zero-order chi connectivity index (χ0) is 9.90. The maximum Gasteiger partial charge on any atom is 0.242 e. The maximum atomic E-state index is 8.99. The quantitative estimate of drug-likeness (QED) is 0.670. The van der Waals surface area contributed by atoms with E-state index < -0.39 is 0 Å². The van der Waals surface area contributed by atoms with Crippen molar-refractivity contribution >= 4 is 5.95 Å². The molecule has 0 bridgehead atoms. The maximum absolute atomic E-state index is 8.99. The molecule has 0 atom stereocenters. The Morgan fingerprint density at radius 1 is 1.54 bits per heavy atom. The van der Waals surface area contributed by atoms with Crippen LogP contribution in [0.25, 0.3) is 0 Å². The first-order valence-corrected chi connectivity index (χ1v) is 4.12. The molecule has 1 heterocycles. The van der Waals surface area contributed by atoms with Gasteiger partial charge in [-0.05, 0) is 10.4 Å². The average molecular weight is 185 g/mol. The van der Waals surface area contributed by atoms with Crippen molar-refractivity contribution < 1.29 is 5.11 Å². The molecule has 13 heavy (non-hydrogen) atoms. The second-order valence-corrected chi connectivity index (χ2v) is 3.80. The van der Waals surface area contributed by atoms with E-state index in [1.807, 2.05) is 13.8 Å². The van der Waals surface area contributed by atoms with Gasteiger partial charge in [-0.25, -0.2) is 4.68 Å². The molecule has 74 valence electrons. The van der Waals surface area contributed by atoms with Gasteiger partial charge in [0, 0.05) is 25.6 Å². The first-order valence-electron chi connectivity index (χ1n) is 4.12. The molecule has 0 saturated carbocycles. The molecule has 0 saturated heterocycles. The molecule has 6 heteroatoms. The van der Waals surface area contributed by atoms with E-state index in [2.05, 4.69) is 20.8 Å². The number of aromatic nitrogens is 4. The normalized spacial score (nSPS) is 11.7. The molecule has 2 N–H and O–H groups in total. The molecule has 0 aliphatic carbocycles. The lowest BCUT2D eigenvalue weighted by molar-refractivity contribution is 0.170. The Labute approximate surface area is 76.9 Å². The third-order valence-corrected chi connectivity index (χ3v) is 1.77. The Morgan fingerprint density at radius 3 is 2.69 bits per heavy atom. The van der Waals surface area contributed by atoms with E-state index in [0.29, 0.717) is 12.5 Å². The lowest BCUT2D eigenvalue weighted by Crippen LogP contribution is -2.27. The number of hydrogen-bond acceptors (Lipinski definition) is 5. The van der Waals surface area contributed by atoms with Gasteiger partial charge in [0.2, 0.25) is 5.95 Å². The number of aliphatic hydroxyl groups excluding tert-OH is 1. The highest BCUT2D eigenvalue weighted by molar-refractivity contribution is 5.21. The summed E-state index contributed by atoms with van der Waals surface area (Å²) in [6, 6.07) is 0. The smallest absolute Gasteiger partial charge is 0.242 e. The average Bonchev–Trinajstić information content (AvgIpc) is 2.48. The van der Waals surface area contributed by atoms with E-state index in [4.69, 9.17) is 5.11 Å². The number of tetrazole rings is 1. The minimum Gasteiger partial charge on any atom is -0.396 e. The molecule has 6 nitrogen and oxygen atoms in total. The van der Waals surface area contributed by atoms with Crippen molar-refractivity contribution in [1.29, 1.82) is 0 Å². The van der Waals surface area contributed by atoms with Crippen LogP contribution in [0.3, 0.4) is 0 Å². The molecule has 1 rings (SSSR count). The van der Waals surface area contributed by atoms with Crippen molar-refractivity contribution in [1.82, 2.24) is 20.2 Å². The number of anilines is 1. The second-order valence-electron chi connectivity index (χ2n) is 3.80. The summed E-state index contributed by atoms with van der Waals surface area (Å²) in [6.07, 6.45) is 0. The molecule has 1 aromatic heterocycles. The molecule has 0 radical (unpaired) electrons. The lowest BCUT2D eigenvalue weighted by atomic mass is 9.95. The fourth-order valence-corrected chi connectivity index (χ4v) is 0.753. The molecular weight excluding hydrogens is 170 g/mol. The van der Waals surface area contributed by atoms with Gasteiger partial charge in [-0.1, -0.05) is 18.9 Å². The van der Waals surface area contributed by atoms with Crippen LogP contribution < -0.4 is 5.32 Å². The van der Waals surface area contributed by atoms with Gasteiger partial charge in [0.1, 0.15) is 0 Å². The van der Waals surface area contributed by atoms with Crippen molar-refractivity contribution in [3.05, 3.63) is 0 Å². The highest BCUT2D eigenvalue weighted by atomic mass is 16.3. The summed E-state index contributed by atoms with van der Waals surface area (Å²) in [5.74, 6) is 0.613. The summed E-state index contributed by atoms with van der Waals surface area (Å²) in [4.78, 5) is 0. The van der Waals surface area contributed by atoms with Crippen LogP contribution in [0.2, 0.25) is 0 Å².